The lowest BCUT2D eigenvalue weighted by molar-refractivity contribution is 0.829. The van der Waals surface area contributed by atoms with Gasteiger partial charge in [-0.05, 0) is 29.8 Å². The fourth-order valence-electron chi connectivity index (χ4n) is 2.78. The van der Waals surface area contributed by atoms with Gasteiger partial charge in [0.2, 0.25) is 0 Å². The van der Waals surface area contributed by atoms with Gasteiger partial charge in [0.05, 0.1) is 23.1 Å². The van der Waals surface area contributed by atoms with Crippen molar-refractivity contribution < 1.29 is 0 Å². The Morgan fingerprint density at radius 2 is 1.91 bits per heavy atom. The van der Waals surface area contributed by atoms with Gasteiger partial charge in [0, 0.05) is 25.6 Å². The summed E-state index contributed by atoms with van der Waals surface area (Å²) in [5.41, 5.74) is 10.2. The molecular weight excluding hydrogens is 288 g/mol. The highest BCUT2D eigenvalue weighted by molar-refractivity contribution is 5.88. The Kier molecular flexibility index (Phi) is 3.17. The Morgan fingerprint density at radius 3 is 2.74 bits per heavy atom. The van der Waals surface area contributed by atoms with Gasteiger partial charge >= 0.3 is 0 Å². The predicted molar refractivity (Wildman–Crippen MR) is 90.1 cm³/mol. The number of nitrogens with one attached hydrogen (secondary N) is 1. The van der Waals surface area contributed by atoms with Crippen molar-refractivity contribution in [2.24, 2.45) is 5.73 Å². The van der Waals surface area contributed by atoms with Crippen molar-refractivity contribution >= 4 is 23.0 Å². The summed E-state index contributed by atoms with van der Waals surface area (Å²) < 4.78 is 0. The first-order valence-electron chi connectivity index (χ1n) is 7.36. The molecule has 23 heavy (non-hydrogen) atoms. The molecule has 0 radical (unpaired) electrons. The van der Waals surface area contributed by atoms with Crippen molar-refractivity contribution in [2.45, 2.75) is 6.04 Å². The number of hydrogen-bond acceptors (Lipinski definition) is 6. The molecule has 1 aliphatic heterocycles. The van der Waals surface area contributed by atoms with E-state index in [4.69, 9.17) is 5.73 Å². The van der Waals surface area contributed by atoms with E-state index in [1.54, 1.807) is 18.6 Å². The third-order valence-corrected chi connectivity index (χ3v) is 4.00. The van der Waals surface area contributed by atoms with Crippen LogP contribution in [0, 0.1) is 0 Å². The van der Waals surface area contributed by atoms with E-state index in [0.717, 1.165) is 34.3 Å². The number of nitrogens with two attached hydrogens (primary N) is 1. The van der Waals surface area contributed by atoms with E-state index in [1.807, 2.05) is 48.3 Å². The van der Waals surface area contributed by atoms with Crippen LogP contribution in [0.15, 0.2) is 55.0 Å². The van der Waals surface area contributed by atoms with Crippen LogP contribution in [0.4, 0.5) is 23.0 Å². The van der Waals surface area contributed by atoms with Crippen LogP contribution in [0.2, 0.25) is 0 Å². The van der Waals surface area contributed by atoms with E-state index in [1.165, 1.54) is 0 Å². The van der Waals surface area contributed by atoms with Crippen molar-refractivity contribution in [1.29, 1.82) is 0 Å². The van der Waals surface area contributed by atoms with Gasteiger partial charge in [-0.25, -0.2) is 9.97 Å². The molecule has 3 heterocycles. The van der Waals surface area contributed by atoms with Crippen molar-refractivity contribution in [3.63, 3.8) is 0 Å². The minimum absolute atomic E-state index is 0.267. The molecule has 1 unspecified atom stereocenters. The van der Waals surface area contributed by atoms with Crippen molar-refractivity contribution in [2.75, 3.05) is 17.3 Å². The number of nitrogens with zero attached hydrogens (tertiary/aromatic N) is 4. The van der Waals surface area contributed by atoms with Crippen LogP contribution < -0.4 is 16.0 Å². The topological polar surface area (TPSA) is 80.0 Å². The number of fused-ring (bicyclic) bond motifs is 2. The SMILES string of the molecule is CN1c2ccc(C(N)c3ccccn3)cc2Nc2nccnc21. The lowest BCUT2D eigenvalue weighted by Gasteiger charge is -2.29. The number of hydrogen-bond donors (Lipinski definition) is 2. The van der Waals surface area contributed by atoms with Gasteiger partial charge in [0.15, 0.2) is 11.6 Å². The van der Waals surface area contributed by atoms with Gasteiger partial charge < -0.3 is 16.0 Å². The molecule has 0 amide bonds. The van der Waals surface area contributed by atoms with E-state index >= 15 is 0 Å². The summed E-state index contributed by atoms with van der Waals surface area (Å²) in [6, 6.07) is 11.6. The summed E-state index contributed by atoms with van der Waals surface area (Å²) in [5, 5.41) is 3.33. The molecule has 0 saturated heterocycles. The normalized spacial score (nSPS) is 13.7. The molecule has 6 heteroatoms. The highest BCUT2D eigenvalue weighted by Crippen LogP contribution is 2.41. The largest absolute Gasteiger partial charge is 0.335 e. The predicted octanol–water partition coefficient (Wildman–Crippen LogP) is 2.74. The second-order valence-electron chi connectivity index (χ2n) is 5.42. The summed E-state index contributed by atoms with van der Waals surface area (Å²) in [6.07, 6.45) is 5.12. The van der Waals surface area contributed by atoms with Crippen LogP contribution in [-0.2, 0) is 0 Å². The molecule has 2 aromatic heterocycles. The molecule has 0 spiro atoms. The minimum atomic E-state index is -0.267. The lowest BCUT2D eigenvalue weighted by Crippen LogP contribution is -2.21. The first kappa shape index (κ1) is 13.7. The van der Waals surface area contributed by atoms with Gasteiger partial charge in [0.25, 0.3) is 0 Å². The lowest BCUT2D eigenvalue weighted by atomic mass is 10.0. The van der Waals surface area contributed by atoms with E-state index in [2.05, 4.69) is 20.3 Å². The van der Waals surface area contributed by atoms with E-state index in [9.17, 15) is 0 Å². The molecule has 1 aromatic carbocycles. The number of aromatic nitrogens is 3. The Balaban J connectivity index is 1.73. The van der Waals surface area contributed by atoms with E-state index in [0.29, 0.717) is 0 Å². The zero-order valence-corrected chi connectivity index (χ0v) is 12.6. The highest BCUT2D eigenvalue weighted by Gasteiger charge is 2.22. The maximum Gasteiger partial charge on any atom is 0.176 e. The second-order valence-corrected chi connectivity index (χ2v) is 5.42. The summed E-state index contributed by atoms with van der Waals surface area (Å²) in [6.45, 7) is 0. The Bertz CT molecular complexity index is 849. The molecule has 0 fully saturated rings. The monoisotopic (exact) mass is 304 g/mol. The van der Waals surface area contributed by atoms with Gasteiger partial charge in [-0.3, -0.25) is 4.98 Å². The first-order chi connectivity index (χ1) is 11.2. The van der Waals surface area contributed by atoms with Gasteiger partial charge in [-0.1, -0.05) is 12.1 Å². The maximum absolute atomic E-state index is 6.35. The number of pyridine rings is 1. The molecule has 0 aliphatic carbocycles. The van der Waals surface area contributed by atoms with Crippen molar-refractivity contribution in [1.82, 2.24) is 15.0 Å². The van der Waals surface area contributed by atoms with Crippen LogP contribution in [0.5, 0.6) is 0 Å². The third-order valence-electron chi connectivity index (χ3n) is 4.00. The van der Waals surface area contributed by atoms with Gasteiger partial charge in [-0.15, -0.1) is 0 Å². The molecule has 4 rings (SSSR count). The van der Waals surface area contributed by atoms with Crippen molar-refractivity contribution in [3.8, 4) is 0 Å². The maximum atomic E-state index is 6.35. The highest BCUT2D eigenvalue weighted by atomic mass is 15.3. The fourth-order valence-corrected chi connectivity index (χ4v) is 2.78. The van der Waals surface area contributed by atoms with E-state index in [-0.39, 0.29) is 6.04 Å². The van der Waals surface area contributed by atoms with Crippen LogP contribution in [0.1, 0.15) is 17.3 Å². The quantitative estimate of drug-likeness (QED) is 0.758. The molecule has 6 nitrogen and oxygen atoms in total. The second kappa shape index (κ2) is 5.33. The summed E-state index contributed by atoms with van der Waals surface area (Å²) >= 11 is 0. The van der Waals surface area contributed by atoms with Crippen LogP contribution in [-0.4, -0.2) is 22.0 Å². The number of benzene rings is 1. The minimum Gasteiger partial charge on any atom is -0.335 e. The molecule has 114 valence electrons. The van der Waals surface area contributed by atoms with Crippen LogP contribution in [0.3, 0.4) is 0 Å². The third kappa shape index (κ3) is 2.29. The Labute approximate surface area is 134 Å². The number of rotatable bonds is 2. The van der Waals surface area contributed by atoms with Crippen LogP contribution in [0.25, 0.3) is 0 Å². The molecule has 1 atom stereocenters. The zero-order valence-electron chi connectivity index (χ0n) is 12.6. The van der Waals surface area contributed by atoms with E-state index < -0.39 is 0 Å². The molecule has 3 N–H and O–H groups in total. The number of anilines is 4. The summed E-state index contributed by atoms with van der Waals surface area (Å²) in [5.74, 6) is 1.55. The fraction of sp³-hybridized carbons (Fsp3) is 0.118. The summed E-state index contributed by atoms with van der Waals surface area (Å²) in [7, 11) is 1.98. The van der Waals surface area contributed by atoms with Gasteiger partial charge in [0.1, 0.15) is 0 Å². The smallest absolute Gasteiger partial charge is 0.176 e. The molecule has 3 aromatic rings. The zero-order chi connectivity index (χ0) is 15.8. The Hall–Kier alpha value is -2.99. The molecular formula is C17H16N6. The molecule has 0 saturated carbocycles. The Morgan fingerprint density at radius 1 is 1.04 bits per heavy atom. The summed E-state index contributed by atoms with van der Waals surface area (Å²) in [4.78, 5) is 15.1. The van der Waals surface area contributed by atoms with Crippen LogP contribution >= 0.6 is 0 Å². The average molecular weight is 304 g/mol. The van der Waals surface area contributed by atoms with Gasteiger partial charge in [-0.2, -0.15) is 0 Å². The first-order valence-corrected chi connectivity index (χ1v) is 7.36. The standard InChI is InChI=1S/C17H16N6/c1-23-14-6-5-11(15(18)12-4-2-3-7-19-12)10-13(14)22-16-17(23)21-9-8-20-16/h2-10,15H,18H2,1H3,(H,20,22). The average Bonchev–Trinajstić information content (AvgIpc) is 2.61. The molecule has 1 aliphatic rings. The van der Waals surface area contributed by atoms with Crippen molar-refractivity contribution in [3.05, 3.63) is 66.2 Å². The molecule has 0 bridgehead atoms.